The van der Waals surface area contributed by atoms with Gasteiger partial charge in [0.2, 0.25) is 0 Å². The van der Waals surface area contributed by atoms with Gasteiger partial charge in [0, 0.05) is 23.6 Å². The van der Waals surface area contributed by atoms with E-state index in [9.17, 15) is 0 Å². The number of nitrogen functional groups attached to an aromatic ring is 1. The molecule has 0 radical (unpaired) electrons. The van der Waals surface area contributed by atoms with Gasteiger partial charge in [-0.15, -0.1) is 0 Å². The van der Waals surface area contributed by atoms with Gasteiger partial charge in [-0.05, 0) is 20.3 Å². The smallest absolute Gasteiger partial charge is 0.145 e. The summed E-state index contributed by atoms with van der Waals surface area (Å²) >= 11 is 0. The molecule has 0 spiro atoms. The van der Waals surface area contributed by atoms with Crippen LogP contribution < -0.4 is 16.6 Å². The highest BCUT2D eigenvalue weighted by Crippen LogP contribution is 2.24. The second-order valence-corrected chi connectivity index (χ2v) is 6.34. The number of aliphatic hydroxyl groups excluding tert-OH is 1. The maximum absolute atomic E-state index is 9.06. The first-order valence-corrected chi connectivity index (χ1v) is 6.43. The predicted octanol–water partition coefficient (Wildman–Crippen LogP) is 1.63. The standard InChI is InChI=1S/C13H25N5O/c1-12(2,3)11-15-9(8-10(16-11)18-14)17-13(4,5)6-7-19/h8,19H,6-7,14H2,1-5H3,(H2,15,16,17,18). The molecule has 0 atom stereocenters. The van der Waals surface area contributed by atoms with Gasteiger partial charge < -0.3 is 15.8 Å². The molecule has 0 aliphatic heterocycles. The zero-order valence-electron chi connectivity index (χ0n) is 12.4. The number of rotatable bonds is 5. The van der Waals surface area contributed by atoms with E-state index in [0.717, 1.165) is 0 Å². The molecule has 1 rings (SSSR count). The molecule has 1 aromatic rings. The average Bonchev–Trinajstić information content (AvgIpc) is 2.26. The fourth-order valence-corrected chi connectivity index (χ4v) is 1.61. The topological polar surface area (TPSA) is 96.1 Å². The number of hydrogen-bond donors (Lipinski definition) is 4. The lowest BCUT2D eigenvalue weighted by atomic mass is 9.95. The Morgan fingerprint density at radius 2 is 1.74 bits per heavy atom. The molecule has 0 saturated carbocycles. The molecule has 0 bridgehead atoms. The summed E-state index contributed by atoms with van der Waals surface area (Å²) in [5.74, 6) is 7.43. The molecule has 1 heterocycles. The van der Waals surface area contributed by atoms with Gasteiger partial charge in [-0.25, -0.2) is 15.8 Å². The molecule has 0 amide bonds. The van der Waals surface area contributed by atoms with Crippen molar-refractivity contribution in [1.29, 1.82) is 0 Å². The van der Waals surface area contributed by atoms with Gasteiger partial charge in [-0.1, -0.05) is 20.8 Å². The van der Waals surface area contributed by atoms with Crippen LogP contribution in [0.15, 0.2) is 6.07 Å². The molecule has 6 nitrogen and oxygen atoms in total. The summed E-state index contributed by atoms with van der Waals surface area (Å²) < 4.78 is 0. The highest BCUT2D eigenvalue weighted by Gasteiger charge is 2.22. The summed E-state index contributed by atoms with van der Waals surface area (Å²) in [6.07, 6.45) is 0.632. The average molecular weight is 267 g/mol. The molecule has 0 aromatic carbocycles. The molecule has 0 aliphatic rings. The van der Waals surface area contributed by atoms with Crippen LogP contribution in [0.25, 0.3) is 0 Å². The minimum absolute atomic E-state index is 0.124. The summed E-state index contributed by atoms with van der Waals surface area (Å²) in [6, 6.07) is 1.76. The zero-order valence-corrected chi connectivity index (χ0v) is 12.4. The molecule has 0 unspecified atom stereocenters. The first-order chi connectivity index (χ1) is 8.68. The van der Waals surface area contributed by atoms with Gasteiger partial charge in [-0.3, -0.25) is 0 Å². The fourth-order valence-electron chi connectivity index (χ4n) is 1.61. The Balaban J connectivity index is 3.07. The lowest BCUT2D eigenvalue weighted by Crippen LogP contribution is -2.33. The minimum atomic E-state index is -0.246. The van der Waals surface area contributed by atoms with Crippen LogP contribution >= 0.6 is 0 Å². The van der Waals surface area contributed by atoms with Crippen molar-refractivity contribution in [1.82, 2.24) is 9.97 Å². The first kappa shape index (κ1) is 15.7. The third-order valence-corrected chi connectivity index (χ3v) is 2.75. The van der Waals surface area contributed by atoms with E-state index in [1.54, 1.807) is 6.07 Å². The number of nitrogens with two attached hydrogens (primary N) is 1. The van der Waals surface area contributed by atoms with Crippen LogP contribution in [0.2, 0.25) is 0 Å². The Labute approximate surface area is 114 Å². The van der Waals surface area contributed by atoms with E-state index in [1.807, 2.05) is 34.6 Å². The van der Waals surface area contributed by atoms with E-state index in [1.165, 1.54) is 0 Å². The number of hydrogen-bond acceptors (Lipinski definition) is 6. The van der Waals surface area contributed by atoms with Crippen molar-refractivity contribution in [3.8, 4) is 0 Å². The van der Waals surface area contributed by atoms with Gasteiger partial charge in [0.05, 0.1) is 0 Å². The van der Waals surface area contributed by atoms with E-state index >= 15 is 0 Å². The third-order valence-electron chi connectivity index (χ3n) is 2.75. The van der Waals surface area contributed by atoms with Crippen molar-refractivity contribution in [2.45, 2.75) is 52.0 Å². The van der Waals surface area contributed by atoms with Gasteiger partial charge in [-0.2, -0.15) is 0 Å². The van der Waals surface area contributed by atoms with Crippen LogP contribution in [0.4, 0.5) is 11.6 Å². The van der Waals surface area contributed by atoms with Crippen molar-refractivity contribution >= 4 is 11.6 Å². The number of nitrogens with one attached hydrogen (secondary N) is 2. The Morgan fingerprint density at radius 3 is 2.21 bits per heavy atom. The minimum Gasteiger partial charge on any atom is -0.396 e. The highest BCUT2D eigenvalue weighted by atomic mass is 16.3. The Bertz CT molecular complexity index is 426. The van der Waals surface area contributed by atoms with Crippen molar-refractivity contribution in [3.63, 3.8) is 0 Å². The van der Waals surface area contributed by atoms with Crippen LogP contribution in [0, 0.1) is 0 Å². The Hall–Kier alpha value is -1.40. The zero-order chi connectivity index (χ0) is 14.7. The van der Waals surface area contributed by atoms with E-state index < -0.39 is 0 Å². The fraction of sp³-hybridized carbons (Fsp3) is 0.692. The van der Waals surface area contributed by atoms with Gasteiger partial charge in [0.1, 0.15) is 17.5 Å². The monoisotopic (exact) mass is 267 g/mol. The number of hydrazine groups is 1. The summed E-state index contributed by atoms with van der Waals surface area (Å²) in [6.45, 7) is 10.3. The van der Waals surface area contributed by atoms with Crippen LogP contribution in [-0.4, -0.2) is 27.2 Å². The van der Waals surface area contributed by atoms with E-state index in [4.69, 9.17) is 10.9 Å². The van der Waals surface area contributed by atoms with Crippen LogP contribution in [0.5, 0.6) is 0 Å². The Kier molecular flexibility index (Phi) is 4.70. The summed E-state index contributed by atoms with van der Waals surface area (Å²) in [5, 5.41) is 12.4. The molecule has 6 heteroatoms. The largest absolute Gasteiger partial charge is 0.396 e. The highest BCUT2D eigenvalue weighted by molar-refractivity contribution is 5.48. The molecular weight excluding hydrogens is 242 g/mol. The summed E-state index contributed by atoms with van der Waals surface area (Å²) in [5.41, 5.74) is 2.15. The molecule has 0 aliphatic carbocycles. The number of aromatic nitrogens is 2. The first-order valence-electron chi connectivity index (χ1n) is 6.43. The SMILES string of the molecule is CC(C)(CCO)Nc1cc(NN)nc(C(C)(C)C)n1. The predicted molar refractivity (Wildman–Crippen MR) is 77.9 cm³/mol. The lowest BCUT2D eigenvalue weighted by molar-refractivity contribution is 0.260. The molecule has 1 aromatic heterocycles. The Morgan fingerprint density at radius 1 is 1.16 bits per heavy atom. The van der Waals surface area contributed by atoms with Gasteiger partial charge >= 0.3 is 0 Å². The summed E-state index contributed by atoms with van der Waals surface area (Å²) in [7, 11) is 0. The molecule has 5 N–H and O–H groups in total. The van der Waals surface area contributed by atoms with Crippen molar-refractivity contribution in [3.05, 3.63) is 11.9 Å². The van der Waals surface area contributed by atoms with Crippen LogP contribution in [-0.2, 0) is 5.41 Å². The quantitative estimate of drug-likeness (QED) is 0.478. The van der Waals surface area contributed by atoms with Crippen molar-refractivity contribution in [2.75, 3.05) is 17.3 Å². The maximum Gasteiger partial charge on any atom is 0.145 e. The van der Waals surface area contributed by atoms with E-state index in [2.05, 4.69) is 20.7 Å². The number of aliphatic hydroxyl groups is 1. The van der Waals surface area contributed by atoms with Crippen LogP contribution in [0.1, 0.15) is 46.9 Å². The van der Waals surface area contributed by atoms with E-state index in [0.29, 0.717) is 23.9 Å². The lowest BCUT2D eigenvalue weighted by Gasteiger charge is -2.27. The maximum atomic E-state index is 9.06. The van der Waals surface area contributed by atoms with E-state index in [-0.39, 0.29) is 17.6 Å². The van der Waals surface area contributed by atoms with Gasteiger partial charge in [0.25, 0.3) is 0 Å². The van der Waals surface area contributed by atoms with Gasteiger partial charge in [0.15, 0.2) is 0 Å². The second-order valence-electron chi connectivity index (χ2n) is 6.34. The normalized spacial score (nSPS) is 12.4. The number of nitrogens with zero attached hydrogens (tertiary/aromatic N) is 2. The van der Waals surface area contributed by atoms with Crippen molar-refractivity contribution < 1.29 is 5.11 Å². The van der Waals surface area contributed by atoms with Crippen molar-refractivity contribution in [2.24, 2.45) is 5.84 Å². The number of anilines is 2. The molecule has 19 heavy (non-hydrogen) atoms. The third kappa shape index (κ3) is 4.65. The summed E-state index contributed by atoms with van der Waals surface area (Å²) in [4.78, 5) is 8.88. The molecule has 0 fully saturated rings. The second kappa shape index (κ2) is 5.71. The van der Waals surface area contributed by atoms with Crippen LogP contribution in [0.3, 0.4) is 0 Å². The molecule has 0 saturated heterocycles. The molecular formula is C13H25N5O. The molecule has 108 valence electrons.